The predicted molar refractivity (Wildman–Crippen MR) is 61.0 cm³/mol. The summed E-state index contributed by atoms with van der Waals surface area (Å²) in [5.74, 6) is -1.10. The molecular formula is C12H19F2N. The topological polar surface area (TPSA) is 3.24 Å². The quantitative estimate of drug-likeness (QED) is 0.680. The number of nitrogens with zero attached hydrogens (tertiary/aromatic N) is 1. The molecule has 86 valence electrons. The van der Waals surface area contributed by atoms with E-state index in [2.05, 4.69) is 13.2 Å². The van der Waals surface area contributed by atoms with Crippen LogP contribution in [0, 0.1) is 0 Å². The maximum absolute atomic E-state index is 12.9. The average Bonchev–Trinajstić information content (AvgIpc) is 2.20. The number of hydrogen-bond acceptors (Lipinski definition) is 1. The zero-order valence-electron chi connectivity index (χ0n) is 9.74. The highest BCUT2D eigenvalue weighted by molar-refractivity contribution is 5.40. The van der Waals surface area contributed by atoms with Gasteiger partial charge in [-0.25, -0.2) is 8.78 Å². The minimum Gasteiger partial charge on any atom is -0.302 e. The van der Waals surface area contributed by atoms with Crippen molar-refractivity contribution in [3.63, 3.8) is 0 Å². The lowest BCUT2D eigenvalue weighted by atomic mass is 9.99. The van der Waals surface area contributed by atoms with Crippen LogP contribution in [0.1, 0.15) is 20.3 Å². The molecule has 0 amide bonds. The fraction of sp³-hybridized carbons (Fsp3) is 0.500. The van der Waals surface area contributed by atoms with Crippen molar-refractivity contribution in [3.8, 4) is 0 Å². The molecule has 1 aliphatic rings. The molecule has 0 aromatic carbocycles. The van der Waals surface area contributed by atoms with Crippen LogP contribution in [0.2, 0.25) is 0 Å². The highest BCUT2D eigenvalue weighted by Gasteiger charge is 2.20. The molecule has 1 nitrogen and oxygen atoms in total. The molecule has 0 bridgehead atoms. The summed E-state index contributed by atoms with van der Waals surface area (Å²) in [5, 5.41) is 0. The molecular weight excluding hydrogens is 196 g/mol. The van der Waals surface area contributed by atoms with Gasteiger partial charge < -0.3 is 4.90 Å². The maximum Gasteiger partial charge on any atom is 0.120 e. The Morgan fingerprint density at radius 2 is 1.60 bits per heavy atom. The predicted octanol–water partition coefficient (Wildman–Crippen LogP) is 3.61. The first-order valence-corrected chi connectivity index (χ1v) is 5.12. The molecule has 0 N–H and O–H groups in total. The first-order chi connectivity index (χ1) is 7.02. The third-order valence-corrected chi connectivity index (χ3v) is 2.19. The summed E-state index contributed by atoms with van der Waals surface area (Å²) in [6.07, 6.45) is 0.504. The highest BCUT2D eigenvalue weighted by Crippen LogP contribution is 2.27. The Morgan fingerprint density at radius 3 is 2.00 bits per heavy atom. The molecule has 0 atom stereocenters. The Morgan fingerprint density at radius 1 is 1.13 bits per heavy atom. The number of halogens is 2. The summed E-state index contributed by atoms with van der Waals surface area (Å²) in [5.41, 5.74) is 0.729. The van der Waals surface area contributed by atoms with Gasteiger partial charge in [-0.15, -0.1) is 0 Å². The van der Waals surface area contributed by atoms with E-state index in [1.165, 1.54) is 0 Å². The van der Waals surface area contributed by atoms with Crippen LogP contribution in [0.4, 0.5) is 8.78 Å². The van der Waals surface area contributed by atoms with E-state index in [4.69, 9.17) is 0 Å². The second kappa shape index (κ2) is 6.51. The van der Waals surface area contributed by atoms with Gasteiger partial charge in [0.1, 0.15) is 11.7 Å². The fourth-order valence-electron chi connectivity index (χ4n) is 1.45. The SMILES string of the molecule is C=C(F)C1=C(C(=C)F)CN(C)CC1.CC. The Kier molecular flexibility index (Phi) is 6.09. The summed E-state index contributed by atoms with van der Waals surface area (Å²) in [6, 6.07) is 0. The molecule has 0 spiro atoms. The van der Waals surface area contributed by atoms with Gasteiger partial charge in [-0.3, -0.25) is 0 Å². The molecule has 1 rings (SSSR count). The zero-order chi connectivity index (χ0) is 12.0. The minimum atomic E-state index is -0.555. The van der Waals surface area contributed by atoms with Crippen molar-refractivity contribution in [1.29, 1.82) is 0 Å². The summed E-state index contributed by atoms with van der Waals surface area (Å²) in [6.45, 7) is 11.5. The maximum atomic E-state index is 12.9. The molecule has 3 heteroatoms. The lowest BCUT2D eigenvalue weighted by Gasteiger charge is -2.26. The normalized spacial score (nSPS) is 16.9. The third kappa shape index (κ3) is 3.96. The fourth-order valence-corrected chi connectivity index (χ4v) is 1.45. The number of likely N-dealkylation sites (N-methyl/N-ethyl adjacent to an activating group) is 1. The first kappa shape index (κ1) is 14.0. The lowest BCUT2D eigenvalue weighted by molar-refractivity contribution is 0.342. The van der Waals surface area contributed by atoms with E-state index in [1.54, 1.807) is 0 Å². The molecule has 1 aliphatic heterocycles. The van der Waals surface area contributed by atoms with E-state index >= 15 is 0 Å². The van der Waals surface area contributed by atoms with Crippen LogP contribution >= 0.6 is 0 Å². The number of rotatable bonds is 2. The summed E-state index contributed by atoms with van der Waals surface area (Å²) < 4.78 is 25.7. The smallest absolute Gasteiger partial charge is 0.120 e. The van der Waals surface area contributed by atoms with Gasteiger partial charge in [-0.2, -0.15) is 0 Å². The number of hydrogen-bond donors (Lipinski definition) is 0. The molecule has 0 fully saturated rings. The first-order valence-electron chi connectivity index (χ1n) is 5.12. The Hall–Kier alpha value is -0.960. The Bertz CT molecular complexity index is 279. The van der Waals surface area contributed by atoms with Crippen LogP contribution in [0.25, 0.3) is 0 Å². The van der Waals surface area contributed by atoms with E-state index < -0.39 is 11.7 Å². The van der Waals surface area contributed by atoms with Crippen LogP contribution in [0.5, 0.6) is 0 Å². The van der Waals surface area contributed by atoms with Crippen molar-refractivity contribution in [2.75, 3.05) is 20.1 Å². The molecule has 0 aliphatic carbocycles. The average molecular weight is 215 g/mol. The van der Waals surface area contributed by atoms with Crippen LogP contribution < -0.4 is 0 Å². The second-order valence-electron chi connectivity index (χ2n) is 3.25. The molecule has 0 aromatic heterocycles. The van der Waals surface area contributed by atoms with Gasteiger partial charge in [0.05, 0.1) is 0 Å². The van der Waals surface area contributed by atoms with E-state index in [0.717, 1.165) is 6.54 Å². The van der Waals surface area contributed by atoms with E-state index in [-0.39, 0.29) is 0 Å². The monoisotopic (exact) mass is 215 g/mol. The third-order valence-electron chi connectivity index (χ3n) is 2.19. The van der Waals surface area contributed by atoms with Gasteiger partial charge in [0.15, 0.2) is 0 Å². The van der Waals surface area contributed by atoms with Crippen LogP contribution in [-0.4, -0.2) is 25.0 Å². The molecule has 0 aromatic rings. The van der Waals surface area contributed by atoms with Gasteiger partial charge in [0, 0.05) is 18.7 Å². The van der Waals surface area contributed by atoms with Gasteiger partial charge in [-0.05, 0) is 19.0 Å². The van der Waals surface area contributed by atoms with Crippen molar-refractivity contribution in [1.82, 2.24) is 4.90 Å². The van der Waals surface area contributed by atoms with Crippen molar-refractivity contribution in [3.05, 3.63) is 36.0 Å². The van der Waals surface area contributed by atoms with Gasteiger partial charge in [-0.1, -0.05) is 27.0 Å². The molecule has 0 unspecified atom stereocenters. The number of allylic oxidation sites excluding steroid dienone is 1. The van der Waals surface area contributed by atoms with Crippen molar-refractivity contribution < 1.29 is 8.78 Å². The van der Waals surface area contributed by atoms with E-state index in [9.17, 15) is 8.78 Å². The summed E-state index contributed by atoms with van der Waals surface area (Å²) in [7, 11) is 1.86. The van der Waals surface area contributed by atoms with Gasteiger partial charge in [0.25, 0.3) is 0 Å². The van der Waals surface area contributed by atoms with Gasteiger partial charge in [0.2, 0.25) is 0 Å². The lowest BCUT2D eigenvalue weighted by Crippen LogP contribution is -2.28. The van der Waals surface area contributed by atoms with E-state index in [1.807, 2.05) is 25.8 Å². The molecule has 0 saturated carbocycles. The van der Waals surface area contributed by atoms with Crippen molar-refractivity contribution in [2.45, 2.75) is 20.3 Å². The Balaban J connectivity index is 0.000000921. The zero-order valence-corrected chi connectivity index (χ0v) is 9.74. The largest absolute Gasteiger partial charge is 0.302 e. The molecule has 0 radical (unpaired) electrons. The van der Waals surface area contributed by atoms with Crippen LogP contribution in [-0.2, 0) is 0 Å². The van der Waals surface area contributed by atoms with Crippen LogP contribution in [0.15, 0.2) is 36.0 Å². The standard InChI is InChI=1S/C10H13F2N.C2H6/c1-7(11)9-4-5-13(3)6-10(9)8(2)12;1-2/h1-2,4-6H2,3H3;1-2H3. The second-order valence-corrected chi connectivity index (χ2v) is 3.25. The Labute approximate surface area is 90.8 Å². The summed E-state index contributed by atoms with van der Waals surface area (Å²) >= 11 is 0. The van der Waals surface area contributed by atoms with Gasteiger partial charge >= 0.3 is 0 Å². The van der Waals surface area contributed by atoms with E-state index in [0.29, 0.717) is 24.1 Å². The minimum absolute atomic E-state index is 0.348. The molecule has 1 heterocycles. The van der Waals surface area contributed by atoms with Crippen molar-refractivity contribution >= 4 is 0 Å². The van der Waals surface area contributed by atoms with Crippen molar-refractivity contribution in [2.24, 2.45) is 0 Å². The molecule has 15 heavy (non-hydrogen) atoms. The van der Waals surface area contributed by atoms with Crippen LogP contribution in [0.3, 0.4) is 0 Å². The highest BCUT2D eigenvalue weighted by atomic mass is 19.1. The summed E-state index contributed by atoms with van der Waals surface area (Å²) in [4.78, 5) is 1.92. The molecule has 0 saturated heterocycles.